The lowest BCUT2D eigenvalue weighted by Crippen LogP contribution is -2.17. The molecule has 0 fully saturated rings. The summed E-state index contributed by atoms with van der Waals surface area (Å²) in [5, 5.41) is 3.46. The summed E-state index contributed by atoms with van der Waals surface area (Å²) in [6, 6.07) is 5.98. The third kappa shape index (κ3) is 2.92. The molecule has 96 valence electrons. The van der Waals surface area contributed by atoms with Crippen LogP contribution in [0.3, 0.4) is 0 Å². The van der Waals surface area contributed by atoms with Crippen LogP contribution in [0.25, 0.3) is 10.4 Å². The molecule has 3 nitrogen and oxygen atoms in total. The molecule has 0 unspecified atom stereocenters. The Morgan fingerprint density at radius 2 is 2.00 bits per heavy atom. The van der Waals surface area contributed by atoms with Gasteiger partial charge in [0.25, 0.3) is 0 Å². The first-order chi connectivity index (χ1) is 8.49. The van der Waals surface area contributed by atoms with Crippen molar-refractivity contribution in [2.45, 2.75) is 6.36 Å². The number of thiazole rings is 1. The Balaban J connectivity index is 2.38. The van der Waals surface area contributed by atoms with Gasteiger partial charge in [0.15, 0.2) is 5.13 Å². The molecule has 0 radical (unpaired) electrons. The number of alkyl halides is 3. The van der Waals surface area contributed by atoms with Gasteiger partial charge in [-0.05, 0) is 12.1 Å². The Labute approximate surface area is 105 Å². The summed E-state index contributed by atoms with van der Waals surface area (Å²) in [4.78, 5) is 4.63. The van der Waals surface area contributed by atoms with Gasteiger partial charge in [-0.3, -0.25) is 0 Å². The molecular weight excluding hydrogens is 265 g/mol. The van der Waals surface area contributed by atoms with Crippen LogP contribution in [0.15, 0.2) is 30.5 Å². The Hall–Kier alpha value is -1.76. The fraction of sp³-hybridized carbons (Fsp3) is 0.182. The molecule has 0 amide bonds. The zero-order valence-corrected chi connectivity index (χ0v) is 10.1. The molecule has 0 spiro atoms. The van der Waals surface area contributed by atoms with E-state index in [1.54, 1.807) is 19.2 Å². The zero-order chi connectivity index (χ0) is 13.2. The van der Waals surface area contributed by atoms with Gasteiger partial charge in [-0.25, -0.2) is 4.98 Å². The highest BCUT2D eigenvalue weighted by Gasteiger charge is 2.32. The second-order valence-corrected chi connectivity index (χ2v) is 4.35. The summed E-state index contributed by atoms with van der Waals surface area (Å²) >= 11 is 1.26. The molecule has 1 N–H and O–H groups in total. The fourth-order valence-corrected chi connectivity index (χ4v) is 2.20. The zero-order valence-electron chi connectivity index (χ0n) is 9.28. The van der Waals surface area contributed by atoms with Gasteiger partial charge >= 0.3 is 6.36 Å². The quantitative estimate of drug-likeness (QED) is 0.925. The number of para-hydroxylation sites is 1. The van der Waals surface area contributed by atoms with Crippen molar-refractivity contribution in [3.05, 3.63) is 30.5 Å². The average Bonchev–Trinajstić information content (AvgIpc) is 2.76. The van der Waals surface area contributed by atoms with E-state index in [1.807, 2.05) is 0 Å². The third-order valence-electron chi connectivity index (χ3n) is 2.10. The predicted molar refractivity (Wildman–Crippen MR) is 63.8 cm³/mol. The minimum absolute atomic E-state index is 0.226. The number of nitrogens with zero attached hydrogens (tertiary/aromatic N) is 1. The Morgan fingerprint density at radius 1 is 1.28 bits per heavy atom. The number of ether oxygens (including phenoxy) is 1. The van der Waals surface area contributed by atoms with Gasteiger partial charge in [0, 0.05) is 18.8 Å². The molecular formula is C11H9F3N2OS. The molecule has 0 aliphatic heterocycles. The highest BCUT2D eigenvalue weighted by Crippen LogP contribution is 2.37. The summed E-state index contributed by atoms with van der Waals surface area (Å²) in [6.45, 7) is 0. The summed E-state index contributed by atoms with van der Waals surface area (Å²) in [5.41, 5.74) is 0.369. The number of halogens is 3. The highest BCUT2D eigenvalue weighted by molar-refractivity contribution is 7.18. The van der Waals surface area contributed by atoms with Crippen molar-refractivity contribution in [2.75, 3.05) is 12.4 Å². The van der Waals surface area contributed by atoms with Crippen LogP contribution in [0.1, 0.15) is 0 Å². The number of anilines is 1. The second-order valence-electron chi connectivity index (χ2n) is 3.32. The highest BCUT2D eigenvalue weighted by atomic mass is 32.1. The third-order valence-corrected chi connectivity index (χ3v) is 3.15. The number of hydrogen-bond acceptors (Lipinski definition) is 4. The van der Waals surface area contributed by atoms with Gasteiger partial charge < -0.3 is 10.1 Å². The number of rotatable bonds is 3. The molecule has 1 heterocycles. The van der Waals surface area contributed by atoms with Gasteiger partial charge in [0.2, 0.25) is 0 Å². The molecule has 0 saturated heterocycles. The van der Waals surface area contributed by atoms with Crippen molar-refractivity contribution in [1.29, 1.82) is 0 Å². The van der Waals surface area contributed by atoms with Crippen LogP contribution in [0.5, 0.6) is 5.75 Å². The van der Waals surface area contributed by atoms with Gasteiger partial charge in [-0.15, -0.1) is 13.2 Å². The van der Waals surface area contributed by atoms with E-state index in [9.17, 15) is 13.2 Å². The van der Waals surface area contributed by atoms with Crippen molar-refractivity contribution < 1.29 is 17.9 Å². The summed E-state index contributed by atoms with van der Waals surface area (Å²) < 4.78 is 40.8. The fourth-order valence-electron chi connectivity index (χ4n) is 1.40. The monoisotopic (exact) mass is 274 g/mol. The molecule has 0 aliphatic rings. The maximum absolute atomic E-state index is 12.3. The predicted octanol–water partition coefficient (Wildman–Crippen LogP) is 3.75. The van der Waals surface area contributed by atoms with Gasteiger partial charge in [0.1, 0.15) is 5.75 Å². The van der Waals surface area contributed by atoms with Crippen LogP contribution in [0, 0.1) is 0 Å². The van der Waals surface area contributed by atoms with E-state index >= 15 is 0 Å². The molecule has 1 aromatic heterocycles. The maximum Gasteiger partial charge on any atom is 0.573 e. The number of hydrogen-bond donors (Lipinski definition) is 1. The summed E-state index contributed by atoms with van der Waals surface area (Å²) in [6.07, 6.45) is -3.19. The largest absolute Gasteiger partial charge is 0.573 e. The van der Waals surface area contributed by atoms with Gasteiger partial charge in [0.05, 0.1) is 4.88 Å². The van der Waals surface area contributed by atoms with Crippen LogP contribution in [-0.4, -0.2) is 18.4 Å². The van der Waals surface area contributed by atoms with E-state index < -0.39 is 6.36 Å². The van der Waals surface area contributed by atoms with Crippen molar-refractivity contribution in [3.8, 4) is 16.2 Å². The molecule has 2 aromatic rings. The van der Waals surface area contributed by atoms with Crippen molar-refractivity contribution in [1.82, 2.24) is 4.98 Å². The number of aromatic nitrogens is 1. The lowest BCUT2D eigenvalue weighted by atomic mass is 10.2. The van der Waals surface area contributed by atoms with E-state index in [0.29, 0.717) is 15.6 Å². The Morgan fingerprint density at radius 3 is 2.61 bits per heavy atom. The van der Waals surface area contributed by atoms with Crippen LogP contribution in [0.2, 0.25) is 0 Å². The first kappa shape index (κ1) is 12.7. The number of benzene rings is 1. The minimum Gasteiger partial charge on any atom is -0.405 e. The van der Waals surface area contributed by atoms with Crippen LogP contribution >= 0.6 is 11.3 Å². The normalized spacial score (nSPS) is 11.3. The maximum atomic E-state index is 12.3. The molecule has 0 bridgehead atoms. The van der Waals surface area contributed by atoms with Gasteiger partial charge in [-0.1, -0.05) is 23.5 Å². The van der Waals surface area contributed by atoms with Crippen LogP contribution in [-0.2, 0) is 0 Å². The lowest BCUT2D eigenvalue weighted by molar-refractivity contribution is -0.274. The standard InChI is InChI=1S/C11H9F3N2OS/c1-15-10-16-6-9(18-10)7-4-2-3-5-8(7)17-11(12,13)14/h2-6H,1H3,(H,15,16). The lowest BCUT2D eigenvalue weighted by Gasteiger charge is -2.11. The van der Waals surface area contributed by atoms with Crippen LogP contribution < -0.4 is 10.1 Å². The van der Waals surface area contributed by atoms with Gasteiger partial charge in [-0.2, -0.15) is 0 Å². The second kappa shape index (κ2) is 4.85. The van der Waals surface area contributed by atoms with Crippen molar-refractivity contribution in [2.24, 2.45) is 0 Å². The topological polar surface area (TPSA) is 34.2 Å². The molecule has 0 saturated carbocycles. The van der Waals surface area contributed by atoms with Crippen LogP contribution in [0.4, 0.5) is 18.3 Å². The van der Waals surface area contributed by atoms with Crippen molar-refractivity contribution >= 4 is 16.5 Å². The van der Waals surface area contributed by atoms with E-state index in [1.165, 1.54) is 29.7 Å². The summed E-state index contributed by atoms with van der Waals surface area (Å²) in [7, 11) is 1.70. The first-order valence-electron chi connectivity index (χ1n) is 4.98. The van der Waals surface area contributed by atoms with E-state index in [0.717, 1.165) is 0 Å². The molecule has 18 heavy (non-hydrogen) atoms. The summed E-state index contributed by atoms with van der Waals surface area (Å²) in [5.74, 6) is -0.226. The number of nitrogens with one attached hydrogen (secondary N) is 1. The first-order valence-corrected chi connectivity index (χ1v) is 5.80. The molecule has 1 aromatic carbocycles. The van der Waals surface area contributed by atoms with E-state index in [-0.39, 0.29) is 5.75 Å². The SMILES string of the molecule is CNc1ncc(-c2ccccc2OC(F)(F)F)s1. The molecule has 7 heteroatoms. The average molecular weight is 274 g/mol. The van der Waals surface area contributed by atoms with E-state index in [2.05, 4.69) is 15.0 Å². The smallest absolute Gasteiger partial charge is 0.405 e. The Bertz CT molecular complexity index is 539. The molecule has 0 aliphatic carbocycles. The molecule has 0 atom stereocenters. The van der Waals surface area contributed by atoms with E-state index in [4.69, 9.17) is 0 Å². The Kier molecular flexibility index (Phi) is 3.42. The van der Waals surface area contributed by atoms with Crippen molar-refractivity contribution in [3.63, 3.8) is 0 Å². The molecule has 2 rings (SSSR count). The minimum atomic E-state index is -4.70.